The summed E-state index contributed by atoms with van der Waals surface area (Å²) < 4.78 is 32.8. The van der Waals surface area contributed by atoms with Crippen LogP contribution >= 0.6 is 0 Å². The van der Waals surface area contributed by atoms with Crippen LogP contribution in [-0.2, 0) is 9.84 Å². The summed E-state index contributed by atoms with van der Waals surface area (Å²) in [4.78, 5) is 0. The van der Waals surface area contributed by atoms with Crippen LogP contribution in [0.4, 0.5) is 0 Å². The Morgan fingerprint density at radius 2 is 1.89 bits per heavy atom. The zero-order valence-electron chi connectivity index (χ0n) is 9.95. The highest BCUT2D eigenvalue weighted by molar-refractivity contribution is 7.90. The monoisotopic (exact) mass is 268 g/mol. The summed E-state index contributed by atoms with van der Waals surface area (Å²) >= 11 is 0. The molecule has 18 heavy (non-hydrogen) atoms. The first-order valence-electron chi connectivity index (χ1n) is 5.27. The lowest BCUT2D eigenvalue weighted by Gasteiger charge is -2.02. The quantitative estimate of drug-likeness (QED) is 0.836. The van der Waals surface area contributed by atoms with E-state index in [1.165, 1.54) is 0 Å². The average Bonchev–Trinajstić information content (AvgIpc) is 2.79. The van der Waals surface area contributed by atoms with E-state index in [-0.39, 0.29) is 11.1 Å². The van der Waals surface area contributed by atoms with Gasteiger partial charge in [-0.2, -0.15) is 0 Å². The van der Waals surface area contributed by atoms with E-state index in [4.69, 9.17) is 9.15 Å². The van der Waals surface area contributed by atoms with Gasteiger partial charge in [0, 0.05) is 11.8 Å². The molecule has 2 aromatic rings. The van der Waals surface area contributed by atoms with E-state index >= 15 is 0 Å². The van der Waals surface area contributed by atoms with Crippen molar-refractivity contribution in [3.05, 3.63) is 24.3 Å². The Labute approximate surface area is 105 Å². The first-order valence-corrected chi connectivity index (χ1v) is 7.16. The van der Waals surface area contributed by atoms with E-state index in [1.807, 2.05) is 6.92 Å². The molecular formula is C11H12N2O4S. The maximum atomic E-state index is 11.2. The zero-order chi connectivity index (χ0) is 13.2. The Hall–Kier alpha value is -1.89. The Morgan fingerprint density at radius 3 is 2.39 bits per heavy atom. The summed E-state index contributed by atoms with van der Waals surface area (Å²) in [6.07, 6.45) is 1.02. The molecule has 0 atom stereocenters. The van der Waals surface area contributed by atoms with Gasteiger partial charge in [-0.15, -0.1) is 5.10 Å². The second-order valence-electron chi connectivity index (χ2n) is 3.60. The molecule has 0 N–H and O–H groups in total. The standard InChI is InChI=1S/C11H12N2O4S/c1-3-16-9-6-4-8(5-7-9)10-12-13-11(17-10)18(2,14)15/h4-7H,3H2,1-2H3. The molecule has 0 amide bonds. The van der Waals surface area contributed by atoms with Crippen LogP contribution < -0.4 is 4.74 Å². The third kappa shape index (κ3) is 2.67. The molecule has 1 heterocycles. The molecule has 0 aliphatic carbocycles. The number of ether oxygens (including phenoxy) is 1. The highest BCUT2D eigenvalue weighted by atomic mass is 32.2. The Bertz CT molecular complexity index is 631. The molecule has 0 aliphatic heterocycles. The van der Waals surface area contributed by atoms with E-state index in [0.717, 1.165) is 12.0 Å². The van der Waals surface area contributed by atoms with Gasteiger partial charge < -0.3 is 9.15 Å². The summed E-state index contributed by atoms with van der Waals surface area (Å²) in [5, 5.41) is 6.80. The average molecular weight is 268 g/mol. The van der Waals surface area contributed by atoms with Crippen LogP contribution in [0.2, 0.25) is 0 Å². The van der Waals surface area contributed by atoms with Gasteiger partial charge in [0.05, 0.1) is 6.61 Å². The number of aromatic nitrogens is 2. The van der Waals surface area contributed by atoms with Crippen molar-refractivity contribution in [2.45, 2.75) is 12.1 Å². The Kier molecular flexibility index (Phi) is 3.33. The Balaban J connectivity index is 2.29. The van der Waals surface area contributed by atoms with Gasteiger partial charge in [0.2, 0.25) is 15.7 Å². The van der Waals surface area contributed by atoms with E-state index in [0.29, 0.717) is 12.2 Å². The van der Waals surface area contributed by atoms with Gasteiger partial charge in [0.15, 0.2) is 0 Å². The van der Waals surface area contributed by atoms with Crippen molar-refractivity contribution in [2.24, 2.45) is 0 Å². The molecule has 0 bridgehead atoms. The highest BCUT2D eigenvalue weighted by Crippen LogP contribution is 2.22. The lowest BCUT2D eigenvalue weighted by atomic mass is 10.2. The number of hydrogen-bond acceptors (Lipinski definition) is 6. The second-order valence-corrected chi connectivity index (χ2v) is 5.50. The molecule has 0 fully saturated rings. The fraction of sp³-hybridized carbons (Fsp3) is 0.273. The van der Waals surface area contributed by atoms with Gasteiger partial charge >= 0.3 is 5.22 Å². The van der Waals surface area contributed by atoms with Crippen molar-refractivity contribution in [1.29, 1.82) is 0 Å². The smallest absolute Gasteiger partial charge is 0.335 e. The fourth-order valence-electron chi connectivity index (χ4n) is 1.34. The minimum Gasteiger partial charge on any atom is -0.494 e. The number of benzene rings is 1. The van der Waals surface area contributed by atoms with Gasteiger partial charge in [0.1, 0.15) is 5.75 Å². The lowest BCUT2D eigenvalue weighted by molar-refractivity contribution is 0.340. The van der Waals surface area contributed by atoms with Crippen molar-refractivity contribution in [1.82, 2.24) is 10.2 Å². The van der Waals surface area contributed by atoms with Crippen LogP contribution in [0, 0.1) is 0 Å². The molecule has 6 nitrogen and oxygen atoms in total. The van der Waals surface area contributed by atoms with Crippen LogP contribution in [0.1, 0.15) is 6.92 Å². The third-order valence-corrected chi connectivity index (χ3v) is 2.94. The first-order chi connectivity index (χ1) is 8.50. The van der Waals surface area contributed by atoms with Crippen LogP contribution in [-0.4, -0.2) is 31.5 Å². The summed E-state index contributed by atoms with van der Waals surface area (Å²) in [6.45, 7) is 2.47. The molecule has 0 saturated heterocycles. The third-order valence-electron chi connectivity index (χ3n) is 2.14. The summed E-state index contributed by atoms with van der Waals surface area (Å²) in [6, 6.07) is 6.96. The molecule has 96 valence electrons. The second kappa shape index (κ2) is 4.77. The number of sulfone groups is 1. The predicted molar refractivity (Wildman–Crippen MR) is 64.0 cm³/mol. The van der Waals surface area contributed by atoms with Crippen molar-refractivity contribution in [3.63, 3.8) is 0 Å². The van der Waals surface area contributed by atoms with Crippen molar-refractivity contribution < 1.29 is 17.6 Å². The summed E-state index contributed by atoms with van der Waals surface area (Å²) in [5.41, 5.74) is 0.640. The summed E-state index contributed by atoms with van der Waals surface area (Å²) in [7, 11) is -3.47. The molecule has 1 aromatic heterocycles. The minimum absolute atomic E-state index is 0.165. The van der Waals surface area contributed by atoms with Gasteiger partial charge in [-0.1, -0.05) is 5.10 Å². The SMILES string of the molecule is CCOc1ccc(-c2nnc(S(C)(=O)=O)o2)cc1. The molecule has 0 radical (unpaired) electrons. The molecule has 0 unspecified atom stereocenters. The number of hydrogen-bond donors (Lipinski definition) is 0. The van der Waals surface area contributed by atoms with Crippen molar-refractivity contribution in [3.8, 4) is 17.2 Å². The molecule has 0 spiro atoms. The molecule has 0 saturated carbocycles. The van der Waals surface area contributed by atoms with Crippen LogP contribution in [0.25, 0.3) is 11.5 Å². The van der Waals surface area contributed by atoms with Gasteiger partial charge in [-0.3, -0.25) is 0 Å². The normalized spacial score (nSPS) is 11.4. The van der Waals surface area contributed by atoms with Crippen LogP contribution in [0.5, 0.6) is 5.75 Å². The minimum atomic E-state index is -3.47. The maximum absolute atomic E-state index is 11.2. The maximum Gasteiger partial charge on any atom is 0.335 e. The van der Waals surface area contributed by atoms with Gasteiger partial charge in [-0.25, -0.2) is 8.42 Å². The predicted octanol–water partition coefficient (Wildman–Crippen LogP) is 1.54. The first kappa shape index (κ1) is 12.6. The van der Waals surface area contributed by atoms with Crippen molar-refractivity contribution >= 4 is 9.84 Å². The van der Waals surface area contributed by atoms with Crippen LogP contribution in [0.15, 0.2) is 33.9 Å². The van der Waals surface area contributed by atoms with E-state index in [2.05, 4.69) is 10.2 Å². The lowest BCUT2D eigenvalue weighted by Crippen LogP contribution is -1.96. The van der Waals surface area contributed by atoms with Gasteiger partial charge in [0.25, 0.3) is 0 Å². The number of rotatable bonds is 4. The topological polar surface area (TPSA) is 82.3 Å². The summed E-state index contributed by atoms with van der Waals surface area (Å²) in [5.74, 6) is 0.891. The van der Waals surface area contributed by atoms with E-state index < -0.39 is 9.84 Å². The largest absolute Gasteiger partial charge is 0.494 e. The Morgan fingerprint density at radius 1 is 1.22 bits per heavy atom. The van der Waals surface area contributed by atoms with E-state index in [1.54, 1.807) is 24.3 Å². The van der Waals surface area contributed by atoms with Crippen molar-refractivity contribution in [2.75, 3.05) is 12.9 Å². The molecular weight excluding hydrogens is 256 g/mol. The molecule has 0 aliphatic rings. The fourth-order valence-corrected chi connectivity index (χ4v) is 1.76. The zero-order valence-corrected chi connectivity index (χ0v) is 10.8. The molecule has 2 rings (SSSR count). The van der Waals surface area contributed by atoms with Crippen LogP contribution in [0.3, 0.4) is 0 Å². The number of nitrogens with zero attached hydrogens (tertiary/aromatic N) is 2. The highest BCUT2D eigenvalue weighted by Gasteiger charge is 2.17. The molecule has 7 heteroatoms. The molecule has 1 aromatic carbocycles. The van der Waals surface area contributed by atoms with E-state index in [9.17, 15) is 8.42 Å². The van der Waals surface area contributed by atoms with Gasteiger partial charge in [-0.05, 0) is 31.2 Å².